The van der Waals surface area contributed by atoms with Gasteiger partial charge in [-0.15, -0.1) is 10.2 Å². The summed E-state index contributed by atoms with van der Waals surface area (Å²) >= 11 is 19.1. The third kappa shape index (κ3) is 6.02. The molecule has 0 saturated carbocycles. The van der Waals surface area contributed by atoms with Gasteiger partial charge in [-0.1, -0.05) is 52.6 Å². The van der Waals surface area contributed by atoms with Crippen molar-refractivity contribution in [2.24, 2.45) is 0 Å². The van der Waals surface area contributed by atoms with Crippen LogP contribution in [0, 0.1) is 6.92 Å². The van der Waals surface area contributed by atoms with Crippen molar-refractivity contribution in [1.29, 1.82) is 0 Å². The fraction of sp³-hybridized carbons (Fsp3) is 0.211. The molecule has 1 heterocycles. The number of ether oxygens (including phenoxy) is 1. The number of aryl methyl sites for hydroxylation is 1. The molecule has 0 aliphatic heterocycles. The van der Waals surface area contributed by atoms with E-state index in [1.165, 1.54) is 0 Å². The van der Waals surface area contributed by atoms with Crippen LogP contribution in [0.1, 0.15) is 24.5 Å². The fourth-order valence-corrected chi connectivity index (χ4v) is 3.49. The topological polar surface area (TPSA) is 77.2 Å². The zero-order chi connectivity index (χ0) is 21.0. The van der Waals surface area contributed by atoms with Crippen LogP contribution in [0.4, 0.5) is 5.69 Å². The quantitative estimate of drug-likeness (QED) is 0.412. The van der Waals surface area contributed by atoms with Crippen molar-refractivity contribution in [3.63, 3.8) is 0 Å². The molecule has 1 aromatic heterocycles. The van der Waals surface area contributed by atoms with Crippen LogP contribution >= 0.6 is 46.6 Å². The van der Waals surface area contributed by atoms with Gasteiger partial charge in [-0.05, 0) is 49.7 Å². The number of nitrogens with one attached hydrogen (secondary N) is 1. The average molecular weight is 473 g/mol. The second kappa shape index (κ2) is 9.71. The van der Waals surface area contributed by atoms with E-state index in [0.717, 1.165) is 17.3 Å². The van der Waals surface area contributed by atoms with Crippen molar-refractivity contribution in [2.75, 3.05) is 11.1 Å². The number of anilines is 1. The highest BCUT2D eigenvalue weighted by atomic mass is 35.5. The van der Waals surface area contributed by atoms with E-state index in [1.54, 1.807) is 37.3 Å². The largest absolute Gasteiger partial charge is 0.479 e. The molecule has 2 aromatic carbocycles. The molecule has 0 fully saturated rings. The summed E-state index contributed by atoms with van der Waals surface area (Å²) in [5, 5.41) is 12.4. The van der Waals surface area contributed by atoms with Gasteiger partial charge >= 0.3 is 0 Å². The van der Waals surface area contributed by atoms with Crippen LogP contribution in [0.3, 0.4) is 0 Å². The summed E-state index contributed by atoms with van der Waals surface area (Å²) < 4.78 is 11.3. The molecule has 0 radical (unpaired) electrons. The number of rotatable bonds is 7. The number of amides is 1. The smallest absolute Gasteiger partial charge is 0.277 e. The lowest BCUT2D eigenvalue weighted by Crippen LogP contribution is -2.14. The first-order valence-corrected chi connectivity index (χ1v) is 10.6. The van der Waals surface area contributed by atoms with E-state index in [0.29, 0.717) is 26.5 Å². The number of benzene rings is 2. The summed E-state index contributed by atoms with van der Waals surface area (Å²) in [4.78, 5) is 12.2. The number of thioether (sulfide) groups is 1. The third-order valence-electron chi connectivity index (χ3n) is 3.77. The Morgan fingerprint density at radius 2 is 1.90 bits per heavy atom. The zero-order valence-corrected chi connectivity index (χ0v) is 18.5. The van der Waals surface area contributed by atoms with Crippen LogP contribution in [-0.4, -0.2) is 21.9 Å². The highest BCUT2D eigenvalue weighted by molar-refractivity contribution is 7.99. The summed E-state index contributed by atoms with van der Waals surface area (Å²) in [6.07, 6.45) is -0.529. The minimum absolute atomic E-state index is 0.103. The number of aromatic nitrogens is 2. The van der Waals surface area contributed by atoms with Gasteiger partial charge in [-0.25, -0.2) is 0 Å². The summed E-state index contributed by atoms with van der Waals surface area (Å²) in [6.45, 7) is 3.64. The Kier molecular flexibility index (Phi) is 7.29. The Balaban J connectivity index is 1.55. The molecule has 0 saturated heterocycles. The number of nitrogens with zero attached hydrogens (tertiary/aromatic N) is 2. The molecule has 0 spiro atoms. The number of carbonyl (C=O) groups is 1. The molecule has 6 nitrogen and oxygen atoms in total. The maximum Gasteiger partial charge on any atom is 0.277 e. The molecule has 1 N–H and O–H groups in total. The highest BCUT2D eigenvalue weighted by Crippen LogP contribution is 2.31. The molecule has 10 heteroatoms. The Bertz CT molecular complexity index is 1030. The molecule has 152 valence electrons. The minimum Gasteiger partial charge on any atom is -0.479 e. The Morgan fingerprint density at radius 1 is 1.17 bits per heavy atom. The second-order valence-electron chi connectivity index (χ2n) is 6.04. The number of hydrogen-bond acceptors (Lipinski definition) is 6. The van der Waals surface area contributed by atoms with Crippen LogP contribution in [-0.2, 0) is 4.79 Å². The number of carbonyl (C=O) groups excluding carboxylic acids is 1. The van der Waals surface area contributed by atoms with Crippen molar-refractivity contribution in [2.45, 2.75) is 25.2 Å². The first-order valence-electron chi connectivity index (χ1n) is 8.45. The monoisotopic (exact) mass is 471 g/mol. The van der Waals surface area contributed by atoms with E-state index < -0.39 is 6.10 Å². The predicted molar refractivity (Wildman–Crippen MR) is 115 cm³/mol. The maximum absolute atomic E-state index is 12.2. The lowest BCUT2D eigenvalue weighted by atomic mass is 10.2. The van der Waals surface area contributed by atoms with Crippen LogP contribution in [0.25, 0.3) is 0 Å². The van der Waals surface area contributed by atoms with Gasteiger partial charge < -0.3 is 14.5 Å². The van der Waals surface area contributed by atoms with E-state index >= 15 is 0 Å². The SMILES string of the molecule is Cc1ccc(Cl)cc1NC(=O)CSc1nnc([C@H](C)Oc2ccc(Cl)cc2Cl)o1. The van der Waals surface area contributed by atoms with E-state index in [9.17, 15) is 4.79 Å². The average Bonchev–Trinajstić information content (AvgIpc) is 3.14. The third-order valence-corrected chi connectivity index (χ3v) is 5.35. The van der Waals surface area contributed by atoms with Crippen LogP contribution in [0.2, 0.25) is 15.1 Å². The van der Waals surface area contributed by atoms with Gasteiger partial charge in [0.25, 0.3) is 11.1 Å². The summed E-state index contributed by atoms with van der Waals surface area (Å²) in [6, 6.07) is 10.2. The lowest BCUT2D eigenvalue weighted by Gasteiger charge is -2.12. The molecule has 0 unspecified atom stereocenters. The normalized spacial score (nSPS) is 11.9. The first-order chi connectivity index (χ1) is 13.8. The van der Waals surface area contributed by atoms with Gasteiger partial charge in [0, 0.05) is 15.7 Å². The number of hydrogen-bond donors (Lipinski definition) is 1. The summed E-state index contributed by atoms with van der Waals surface area (Å²) in [5.74, 6) is 0.612. The first kappa shape index (κ1) is 21.8. The molecule has 0 aliphatic carbocycles. The molecule has 29 heavy (non-hydrogen) atoms. The van der Waals surface area contributed by atoms with Crippen LogP contribution < -0.4 is 10.1 Å². The van der Waals surface area contributed by atoms with Crippen molar-refractivity contribution in [3.05, 3.63) is 62.9 Å². The van der Waals surface area contributed by atoms with Crippen molar-refractivity contribution < 1.29 is 13.9 Å². The maximum atomic E-state index is 12.2. The molecule has 1 amide bonds. The van der Waals surface area contributed by atoms with E-state index in [-0.39, 0.29) is 22.8 Å². The molecule has 3 aromatic rings. The van der Waals surface area contributed by atoms with Crippen LogP contribution in [0.15, 0.2) is 46.0 Å². The molecule has 3 rings (SSSR count). The second-order valence-corrected chi connectivity index (χ2v) is 8.24. The van der Waals surface area contributed by atoms with E-state index in [4.69, 9.17) is 44.0 Å². The number of halogens is 3. The van der Waals surface area contributed by atoms with Crippen molar-refractivity contribution >= 4 is 58.2 Å². The molecular formula is C19H16Cl3N3O3S. The highest BCUT2D eigenvalue weighted by Gasteiger charge is 2.18. The van der Waals surface area contributed by atoms with Gasteiger partial charge in [0.1, 0.15) is 5.75 Å². The van der Waals surface area contributed by atoms with Crippen LogP contribution in [0.5, 0.6) is 5.75 Å². The summed E-state index contributed by atoms with van der Waals surface area (Å²) in [5.41, 5.74) is 1.58. The molecule has 1 atom stereocenters. The van der Waals surface area contributed by atoms with Gasteiger partial charge in [-0.2, -0.15) is 0 Å². The lowest BCUT2D eigenvalue weighted by molar-refractivity contribution is -0.113. The van der Waals surface area contributed by atoms with Gasteiger partial charge in [0.15, 0.2) is 6.10 Å². The zero-order valence-electron chi connectivity index (χ0n) is 15.4. The Morgan fingerprint density at radius 3 is 2.66 bits per heavy atom. The standard InChI is InChI=1S/C19H16Cl3N3O3S/c1-10-3-4-13(21)8-15(10)23-17(26)9-29-19-25-24-18(28-19)11(2)27-16-6-5-12(20)7-14(16)22/h3-8,11H,9H2,1-2H3,(H,23,26)/t11-/m0/s1. The van der Waals surface area contributed by atoms with E-state index in [1.807, 2.05) is 13.0 Å². The van der Waals surface area contributed by atoms with Crippen molar-refractivity contribution in [3.8, 4) is 5.75 Å². The fourth-order valence-electron chi connectivity index (χ4n) is 2.30. The molecule has 0 bridgehead atoms. The summed E-state index contributed by atoms with van der Waals surface area (Å²) in [7, 11) is 0. The Labute approximate surface area is 186 Å². The van der Waals surface area contributed by atoms with Crippen molar-refractivity contribution in [1.82, 2.24) is 10.2 Å². The van der Waals surface area contributed by atoms with Gasteiger partial charge in [0.2, 0.25) is 5.91 Å². The predicted octanol–water partition coefficient (Wildman–Crippen LogP) is 6.21. The molecular weight excluding hydrogens is 457 g/mol. The van der Waals surface area contributed by atoms with Gasteiger partial charge in [-0.3, -0.25) is 4.79 Å². The minimum atomic E-state index is -0.529. The van der Waals surface area contributed by atoms with E-state index in [2.05, 4.69) is 15.5 Å². The Hall–Kier alpha value is -1.93. The van der Waals surface area contributed by atoms with Gasteiger partial charge in [0.05, 0.1) is 10.8 Å². The molecule has 0 aliphatic rings.